The fourth-order valence-electron chi connectivity index (χ4n) is 6.08. The first-order valence-electron chi connectivity index (χ1n) is 15.2. The Kier molecular flexibility index (Phi) is 12.1. The van der Waals surface area contributed by atoms with Crippen molar-refractivity contribution in [3.8, 4) is 0 Å². The van der Waals surface area contributed by atoms with Crippen LogP contribution in [0.25, 0.3) is 0 Å². The summed E-state index contributed by atoms with van der Waals surface area (Å²) in [5, 5.41) is 10.7. The van der Waals surface area contributed by atoms with Gasteiger partial charge in [0.05, 0.1) is 12.7 Å². The van der Waals surface area contributed by atoms with Crippen molar-refractivity contribution in [1.82, 2.24) is 0 Å². The lowest BCUT2D eigenvalue weighted by Gasteiger charge is -2.43. The third-order valence-electron chi connectivity index (χ3n) is 8.52. The number of rotatable bonds is 14. The summed E-state index contributed by atoms with van der Waals surface area (Å²) >= 11 is 0. The zero-order valence-corrected chi connectivity index (χ0v) is 24.9. The number of esters is 1. The summed E-state index contributed by atoms with van der Waals surface area (Å²) in [5.41, 5.74) is 2.73. The van der Waals surface area contributed by atoms with Crippen LogP contribution in [0.5, 0.6) is 0 Å². The first-order chi connectivity index (χ1) is 18.6. The van der Waals surface area contributed by atoms with Gasteiger partial charge < -0.3 is 14.6 Å². The molecule has 0 radical (unpaired) electrons. The van der Waals surface area contributed by atoms with Crippen LogP contribution < -0.4 is 0 Å². The largest absolute Gasteiger partial charge is 0.458 e. The van der Waals surface area contributed by atoms with Crippen molar-refractivity contribution in [2.75, 3.05) is 13.2 Å². The predicted molar refractivity (Wildman–Crippen MR) is 161 cm³/mol. The molecular formula is C35H52O4. The maximum absolute atomic E-state index is 11.9. The number of aryl methyl sites for hydroxylation is 1. The van der Waals surface area contributed by atoms with Crippen LogP contribution in [0, 0.1) is 10.8 Å². The first kappa shape index (κ1) is 31.4. The lowest BCUT2D eigenvalue weighted by atomic mass is 9.63. The molecule has 1 N–H and O–H groups in total. The molecule has 2 aliphatic carbocycles. The van der Waals surface area contributed by atoms with Crippen molar-refractivity contribution < 1.29 is 19.4 Å². The van der Waals surface area contributed by atoms with Gasteiger partial charge in [-0.25, -0.2) is 4.79 Å². The maximum Gasteiger partial charge on any atom is 0.332 e. The number of carbonyl (C=O) groups excluding carboxylic acids is 1. The van der Waals surface area contributed by atoms with Crippen LogP contribution in [0.3, 0.4) is 0 Å². The van der Waals surface area contributed by atoms with E-state index in [0.717, 1.165) is 32.1 Å². The van der Waals surface area contributed by atoms with Gasteiger partial charge >= 0.3 is 5.97 Å². The van der Waals surface area contributed by atoms with E-state index in [4.69, 9.17) is 9.47 Å². The van der Waals surface area contributed by atoms with Crippen molar-refractivity contribution in [3.63, 3.8) is 0 Å². The molecule has 0 aliphatic heterocycles. The number of allylic oxidation sites excluding steroid dienone is 4. The lowest BCUT2D eigenvalue weighted by Crippen LogP contribution is -2.30. The Bertz CT molecular complexity index is 964. The molecule has 39 heavy (non-hydrogen) atoms. The molecule has 0 spiro atoms. The highest BCUT2D eigenvalue weighted by Crippen LogP contribution is 2.49. The molecule has 0 saturated heterocycles. The molecule has 1 aromatic carbocycles. The van der Waals surface area contributed by atoms with E-state index in [1.165, 1.54) is 56.1 Å². The molecule has 0 amide bonds. The van der Waals surface area contributed by atoms with Crippen molar-refractivity contribution in [2.24, 2.45) is 10.8 Å². The molecule has 2 unspecified atom stereocenters. The number of hydrogen-bond acceptors (Lipinski definition) is 4. The van der Waals surface area contributed by atoms with Crippen molar-refractivity contribution >= 4 is 5.97 Å². The lowest BCUT2D eigenvalue weighted by molar-refractivity contribution is -0.159. The van der Waals surface area contributed by atoms with Crippen molar-refractivity contribution in [3.05, 3.63) is 71.8 Å². The number of carbonyl (C=O) groups is 1. The average molecular weight is 537 g/mol. The molecule has 4 heteroatoms. The molecule has 216 valence electrons. The SMILES string of the molecule is CC(C)(C)OC(=O)COC/C=C1\CCCCC1(C)/C=C/C=C/C(O)CCC1(CCCc2ccccc2)CCC1. The Hall–Kier alpha value is -2.17. The van der Waals surface area contributed by atoms with Gasteiger partial charge in [0.25, 0.3) is 0 Å². The van der Waals surface area contributed by atoms with Crippen LogP contribution in [-0.2, 0) is 20.7 Å². The van der Waals surface area contributed by atoms with E-state index in [-0.39, 0.29) is 18.0 Å². The highest BCUT2D eigenvalue weighted by atomic mass is 16.6. The van der Waals surface area contributed by atoms with Gasteiger partial charge in [0, 0.05) is 5.41 Å². The van der Waals surface area contributed by atoms with E-state index in [1.54, 1.807) is 0 Å². The van der Waals surface area contributed by atoms with Gasteiger partial charge in [0.15, 0.2) is 0 Å². The van der Waals surface area contributed by atoms with Gasteiger partial charge in [-0.1, -0.05) is 86.1 Å². The fourth-order valence-corrected chi connectivity index (χ4v) is 6.08. The summed E-state index contributed by atoms with van der Waals surface area (Å²) in [4.78, 5) is 11.9. The molecule has 0 bridgehead atoms. The summed E-state index contributed by atoms with van der Waals surface area (Å²) in [6.07, 6.45) is 24.2. The van der Waals surface area contributed by atoms with E-state index >= 15 is 0 Å². The zero-order chi connectivity index (χ0) is 28.2. The molecule has 2 saturated carbocycles. The van der Waals surface area contributed by atoms with Crippen molar-refractivity contribution in [1.29, 1.82) is 0 Å². The van der Waals surface area contributed by atoms with Gasteiger partial charge in [-0.2, -0.15) is 0 Å². The Balaban J connectivity index is 1.42. The van der Waals surface area contributed by atoms with E-state index in [0.29, 0.717) is 12.0 Å². The Morgan fingerprint density at radius 1 is 1.05 bits per heavy atom. The highest BCUT2D eigenvalue weighted by molar-refractivity contribution is 5.71. The Labute approximate surface area is 237 Å². The molecule has 2 fully saturated rings. The molecule has 0 aromatic heterocycles. The second-order valence-electron chi connectivity index (χ2n) is 13.0. The van der Waals surface area contributed by atoms with Crippen LogP contribution in [-0.4, -0.2) is 36.0 Å². The van der Waals surface area contributed by atoms with E-state index in [9.17, 15) is 9.90 Å². The summed E-state index contributed by atoms with van der Waals surface area (Å²) in [5.74, 6) is -0.327. The number of benzene rings is 1. The van der Waals surface area contributed by atoms with Gasteiger partial charge in [-0.15, -0.1) is 0 Å². The smallest absolute Gasteiger partial charge is 0.332 e. The predicted octanol–water partition coefficient (Wildman–Crippen LogP) is 8.30. The standard InChI is InChI=1S/C35H52O4/c1-33(2,3)39-32(37)28-38-27-20-30-17-8-10-21-34(30,4)22-11-9-18-31(36)19-26-35(24-13-25-35)23-12-16-29-14-6-5-7-15-29/h5-7,9,11,14-15,18,20,22,31,36H,8,10,12-13,16-17,19,21,23-28H2,1-4H3/b18-9+,22-11+,30-20+. The van der Waals surface area contributed by atoms with Gasteiger partial charge in [0.2, 0.25) is 0 Å². The topological polar surface area (TPSA) is 55.8 Å². The summed E-state index contributed by atoms with van der Waals surface area (Å²) in [6, 6.07) is 10.8. The normalized spacial score (nSPS) is 23.3. The second-order valence-corrected chi connectivity index (χ2v) is 13.0. The second kappa shape index (κ2) is 15.0. The molecule has 2 aliphatic rings. The van der Waals surface area contributed by atoms with E-state index in [2.05, 4.69) is 55.5 Å². The summed E-state index contributed by atoms with van der Waals surface area (Å²) in [7, 11) is 0. The van der Waals surface area contributed by atoms with Crippen LogP contribution in [0.15, 0.2) is 66.3 Å². The average Bonchev–Trinajstić information content (AvgIpc) is 2.86. The fraction of sp³-hybridized carbons (Fsp3) is 0.629. The van der Waals surface area contributed by atoms with E-state index < -0.39 is 11.7 Å². The molecule has 1 aromatic rings. The number of aliphatic hydroxyl groups excluding tert-OH is 1. The minimum atomic E-state index is -0.492. The number of ether oxygens (including phenoxy) is 2. The summed E-state index contributed by atoms with van der Waals surface area (Å²) < 4.78 is 10.9. The number of hydrogen-bond donors (Lipinski definition) is 1. The van der Waals surface area contributed by atoms with Gasteiger partial charge in [-0.3, -0.25) is 0 Å². The molecule has 0 heterocycles. The Morgan fingerprint density at radius 2 is 1.82 bits per heavy atom. The van der Waals surface area contributed by atoms with Crippen LogP contribution in [0.4, 0.5) is 0 Å². The summed E-state index contributed by atoms with van der Waals surface area (Å²) in [6.45, 7) is 8.25. The van der Waals surface area contributed by atoms with Gasteiger partial charge in [0.1, 0.15) is 12.2 Å². The first-order valence-corrected chi connectivity index (χ1v) is 15.2. The van der Waals surface area contributed by atoms with Crippen LogP contribution in [0.2, 0.25) is 0 Å². The van der Waals surface area contributed by atoms with Crippen LogP contribution in [0.1, 0.15) is 104 Å². The zero-order valence-electron chi connectivity index (χ0n) is 24.9. The number of aliphatic hydroxyl groups is 1. The van der Waals surface area contributed by atoms with E-state index in [1.807, 2.05) is 32.9 Å². The quantitative estimate of drug-likeness (QED) is 0.112. The molecular weight excluding hydrogens is 484 g/mol. The third kappa shape index (κ3) is 11.1. The Morgan fingerprint density at radius 3 is 2.51 bits per heavy atom. The highest BCUT2D eigenvalue weighted by Gasteiger charge is 2.36. The van der Waals surface area contributed by atoms with Crippen LogP contribution >= 0.6 is 0 Å². The molecule has 3 rings (SSSR count). The minimum Gasteiger partial charge on any atom is -0.458 e. The molecule has 2 atom stereocenters. The maximum atomic E-state index is 11.9. The third-order valence-corrected chi connectivity index (χ3v) is 8.52. The van der Waals surface area contributed by atoms with Crippen molar-refractivity contribution in [2.45, 2.75) is 116 Å². The minimum absolute atomic E-state index is 0.0163. The molecule has 4 nitrogen and oxygen atoms in total. The monoisotopic (exact) mass is 536 g/mol. The van der Waals surface area contributed by atoms with Gasteiger partial charge in [-0.05, 0) is 96.0 Å².